The van der Waals surface area contributed by atoms with Crippen LogP contribution in [0.5, 0.6) is 5.75 Å². The van der Waals surface area contributed by atoms with Crippen LogP contribution in [0.2, 0.25) is 0 Å². The first-order valence-electron chi connectivity index (χ1n) is 5.63. The summed E-state index contributed by atoms with van der Waals surface area (Å²) in [5.41, 5.74) is 1.99. The van der Waals surface area contributed by atoms with Crippen molar-refractivity contribution in [2.45, 2.75) is 6.92 Å². The Morgan fingerprint density at radius 2 is 2.17 bits per heavy atom. The lowest BCUT2D eigenvalue weighted by molar-refractivity contribution is 0.0526. The quantitative estimate of drug-likeness (QED) is 0.842. The number of hydrogen-bond acceptors (Lipinski definition) is 4. The molecule has 4 heteroatoms. The van der Waals surface area contributed by atoms with Gasteiger partial charge < -0.3 is 9.84 Å². The summed E-state index contributed by atoms with van der Waals surface area (Å²) in [6, 6.07) is 10.3. The summed E-state index contributed by atoms with van der Waals surface area (Å²) in [4.78, 5) is 15.7. The molecule has 0 atom stereocenters. The molecule has 1 N–H and O–H groups in total. The summed E-state index contributed by atoms with van der Waals surface area (Å²) >= 11 is 0. The average molecular weight is 243 g/mol. The number of ether oxygens (including phenoxy) is 1. The summed E-state index contributed by atoms with van der Waals surface area (Å²) in [6.07, 6.45) is 1.37. The molecular weight excluding hydrogens is 230 g/mol. The van der Waals surface area contributed by atoms with E-state index >= 15 is 0 Å². The minimum absolute atomic E-state index is 0.111. The highest BCUT2D eigenvalue weighted by Gasteiger charge is 2.08. The van der Waals surface area contributed by atoms with Crippen molar-refractivity contribution in [2.24, 2.45) is 0 Å². The fourth-order valence-corrected chi connectivity index (χ4v) is 1.58. The molecule has 0 aliphatic rings. The van der Waals surface area contributed by atoms with Crippen molar-refractivity contribution in [2.75, 3.05) is 6.61 Å². The maximum Gasteiger partial charge on any atom is 0.338 e. The maximum absolute atomic E-state index is 11.6. The third-order valence-corrected chi connectivity index (χ3v) is 2.42. The molecule has 0 saturated heterocycles. The number of benzene rings is 1. The van der Waals surface area contributed by atoms with Gasteiger partial charge in [0.25, 0.3) is 0 Å². The Balaban J connectivity index is 2.32. The van der Waals surface area contributed by atoms with Gasteiger partial charge in [0, 0.05) is 5.56 Å². The molecule has 0 unspecified atom stereocenters. The first kappa shape index (κ1) is 12.1. The predicted molar refractivity (Wildman–Crippen MR) is 67.3 cm³/mol. The summed E-state index contributed by atoms with van der Waals surface area (Å²) in [5.74, 6) is -0.238. The summed E-state index contributed by atoms with van der Waals surface area (Å²) in [6.45, 7) is 2.11. The number of pyridine rings is 1. The van der Waals surface area contributed by atoms with Gasteiger partial charge in [-0.25, -0.2) is 4.79 Å². The molecule has 0 aliphatic carbocycles. The molecule has 0 amide bonds. The van der Waals surface area contributed by atoms with Gasteiger partial charge in [-0.3, -0.25) is 4.98 Å². The molecule has 1 aromatic heterocycles. The van der Waals surface area contributed by atoms with Crippen LogP contribution in [0.4, 0.5) is 0 Å². The number of carbonyl (C=O) groups excluding carboxylic acids is 1. The lowest BCUT2D eigenvalue weighted by Gasteiger charge is -2.04. The molecule has 2 aromatic rings. The van der Waals surface area contributed by atoms with Crippen LogP contribution in [-0.4, -0.2) is 22.7 Å². The maximum atomic E-state index is 11.6. The van der Waals surface area contributed by atoms with Crippen molar-refractivity contribution >= 4 is 5.97 Å². The Morgan fingerprint density at radius 1 is 1.33 bits per heavy atom. The number of rotatable bonds is 3. The van der Waals surface area contributed by atoms with E-state index in [4.69, 9.17) is 4.74 Å². The fourth-order valence-electron chi connectivity index (χ4n) is 1.58. The van der Waals surface area contributed by atoms with Crippen molar-refractivity contribution in [3.8, 4) is 17.0 Å². The van der Waals surface area contributed by atoms with E-state index in [0.717, 1.165) is 5.56 Å². The highest BCUT2D eigenvalue weighted by molar-refractivity contribution is 5.90. The monoisotopic (exact) mass is 243 g/mol. The molecule has 0 spiro atoms. The summed E-state index contributed by atoms with van der Waals surface area (Å²) in [7, 11) is 0. The van der Waals surface area contributed by atoms with Gasteiger partial charge in [-0.1, -0.05) is 12.1 Å². The van der Waals surface area contributed by atoms with Gasteiger partial charge in [0.15, 0.2) is 0 Å². The van der Waals surface area contributed by atoms with Crippen molar-refractivity contribution in [1.29, 1.82) is 0 Å². The minimum atomic E-state index is -0.349. The van der Waals surface area contributed by atoms with E-state index < -0.39 is 0 Å². The second-order valence-corrected chi connectivity index (χ2v) is 3.70. The van der Waals surface area contributed by atoms with E-state index in [-0.39, 0.29) is 11.7 Å². The van der Waals surface area contributed by atoms with E-state index in [1.165, 1.54) is 6.20 Å². The van der Waals surface area contributed by atoms with Gasteiger partial charge in [-0.2, -0.15) is 0 Å². The molecule has 0 saturated carbocycles. The minimum Gasteiger partial charge on any atom is -0.506 e. The molecule has 1 aromatic carbocycles. The van der Waals surface area contributed by atoms with Crippen LogP contribution < -0.4 is 0 Å². The Labute approximate surface area is 105 Å². The molecule has 18 heavy (non-hydrogen) atoms. The van der Waals surface area contributed by atoms with E-state index in [2.05, 4.69) is 4.98 Å². The predicted octanol–water partition coefficient (Wildman–Crippen LogP) is 2.63. The van der Waals surface area contributed by atoms with Gasteiger partial charge in [-0.05, 0) is 31.2 Å². The highest BCUT2D eigenvalue weighted by atomic mass is 16.5. The standard InChI is InChI=1S/C14H13NO3/c1-2-18-14(17)11-5-3-4-10(8-11)13-7-6-12(16)9-15-13/h3-9,16H,2H2,1H3. The lowest BCUT2D eigenvalue weighted by atomic mass is 10.1. The average Bonchev–Trinajstić information content (AvgIpc) is 2.40. The lowest BCUT2D eigenvalue weighted by Crippen LogP contribution is -2.04. The molecule has 4 nitrogen and oxygen atoms in total. The number of nitrogens with zero attached hydrogens (tertiary/aromatic N) is 1. The van der Waals surface area contributed by atoms with E-state index in [1.807, 2.05) is 6.07 Å². The van der Waals surface area contributed by atoms with Crippen molar-refractivity contribution in [3.05, 3.63) is 48.2 Å². The molecule has 92 valence electrons. The van der Waals surface area contributed by atoms with Crippen LogP contribution in [0.25, 0.3) is 11.3 Å². The number of carbonyl (C=O) groups is 1. The number of esters is 1. The van der Waals surface area contributed by atoms with Gasteiger partial charge >= 0.3 is 5.97 Å². The second-order valence-electron chi connectivity index (χ2n) is 3.70. The molecule has 0 aliphatic heterocycles. The van der Waals surface area contributed by atoms with E-state index in [0.29, 0.717) is 17.9 Å². The number of aromatic nitrogens is 1. The normalized spacial score (nSPS) is 10.1. The van der Waals surface area contributed by atoms with Crippen LogP contribution in [0.1, 0.15) is 17.3 Å². The first-order valence-corrected chi connectivity index (χ1v) is 5.63. The van der Waals surface area contributed by atoms with E-state index in [9.17, 15) is 9.90 Å². The number of aromatic hydroxyl groups is 1. The van der Waals surface area contributed by atoms with Gasteiger partial charge in [0.2, 0.25) is 0 Å². The van der Waals surface area contributed by atoms with Crippen LogP contribution >= 0.6 is 0 Å². The number of hydrogen-bond donors (Lipinski definition) is 1. The third kappa shape index (κ3) is 2.66. The van der Waals surface area contributed by atoms with Crippen LogP contribution in [-0.2, 0) is 4.74 Å². The fraction of sp³-hybridized carbons (Fsp3) is 0.143. The molecule has 0 fully saturated rings. The molecule has 1 heterocycles. The topological polar surface area (TPSA) is 59.4 Å². The van der Waals surface area contributed by atoms with Crippen LogP contribution in [0.3, 0.4) is 0 Å². The van der Waals surface area contributed by atoms with Crippen LogP contribution in [0.15, 0.2) is 42.6 Å². The van der Waals surface area contributed by atoms with Gasteiger partial charge in [0.1, 0.15) is 5.75 Å². The van der Waals surface area contributed by atoms with Crippen molar-refractivity contribution in [1.82, 2.24) is 4.98 Å². The van der Waals surface area contributed by atoms with Gasteiger partial charge in [0.05, 0.1) is 24.1 Å². The van der Waals surface area contributed by atoms with Crippen molar-refractivity contribution in [3.63, 3.8) is 0 Å². The summed E-state index contributed by atoms with van der Waals surface area (Å²) in [5, 5.41) is 9.18. The SMILES string of the molecule is CCOC(=O)c1cccc(-c2ccc(O)cn2)c1. The van der Waals surface area contributed by atoms with Gasteiger partial charge in [-0.15, -0.1) is 0 Å². The Bertz CT molecular complexity index is 549. The molecule has 0 bridgehead atoms. The summed E-state index contributed by atoms with van der Waals surface area (Å²) < 4.78 is 4.94. The Kier molecular flexibility index (Phi) is 3.57. The second kappa shape index (κ2) is 5.31. The van der Waals surface area contributed by atoms with E-state index in [1.54, 1.807) is 37.3 Å². The largest absolute Gasteiger partial charge is 0.506 e. The van der Waals surface area contributed by atoms with Crippen LogP contribution in [0, 0.1) is 0 Å². The first-order chi connectivity index (χ1) is 8.70. The Morgan fingerprint density at radius 3 is 2.83 bits per heavy atom. The van der Waals surface area contributed by atoms with Crippen molar-refractivity contribution < 1.29 is 14.6 Å². The zero-order valence-electron chi connectivity index (χ0n) is 9.96. The molecule has 2 rings (SSSR count). The molecular formula is C14H13NO3. The third-order valence-electron chi connectivity index (χ3n) is 2.42. The smallest absolute Gasteiger partial charge is 0.338 e. The zero-order valence-corrected chi connectivity index (χ0v) is 9.96. The highest BCUT2D eigenvalue weighted by Crippen LogP contribution is 2.20. The zero-order chi connectivity index (χ0) is 13.0. The Hall–Kier alpha value is -2.36. The molecule has 0 radical (unpaired) electrons.